The Balaban J connectivity index is 1.48. The molecular formula is C23H22F3N7O2. The zero-order chi connectivity index (χ0) is 24.6. The van der Waals surface area contributed by atoms with Gasteiger partial charge in [0.2, 0.25) is 0 Å². The summed E-state index contributed by atoms with van der Waals surface area (Å²) >= 11 is 0. The third-order valence-electron chi connectivity index (χ3n) is 5.91. The van der Waals surface area contributed by atoms with Crippen LogP contribution < -0.4 is 16.2 Å². The number of anilines is 1. The fourth-order valence-corrected chi connectivity index (χ4v) is 4.14. The number of rotatable bonds is 5. The smallest absolute Gasteiger partial charge is 0.390 e. The summed E-state index contributed by atoms with van der Waals surface area (Å²) in [6.45, 7) is 0.848. The van der Waals surface area contributed by atoms with E-state index in [1.165, 1.54) is 6.07 Å². The molecule has 1 aliphatic heterocycles. The predicted molar refractivity (Wildman–Crippen MR) is 122 cm³/mol. The second kappa shape index (κ2) is 9.12. The van der Waals surface area contributed by atoms with Gasteiger partial charge >= 0.3 is 6.18 Å². The van der Waals surface area contributed by atoms with Crippen LogP contribution in [0.2, 0.25) is 0 Å². The van der Waals surface area contributed by atoms with Gasteiger partial charge in [0.25, 0.3) is 5.56 Å². The molecule has 12 heteroatoms. The van der Waals surface area contributed by atoms with Crippen LogP contribution in [0.15, 0.2) is 53.7 Å². The van der Waals surface area contributed by atoms with Crippen molar-refractivity contribution in [2.24, 2.45) is 0 Å². The summed E-state index contributed by atoms with van der Waals surface area (Å²) in [5, 5.41) is 20.0. The molecule has 0 amide bonds. The van der Waals surface area contributed by atoms with Crippen LogP contribution in [-0.2, 0) is 12.6 Å². The third-order valence-corrected chi connectivity index (χ3v) is 5.91. The monoisotopic (exact) mass is 485 g/mol. The highest BCUT2D eigenvalue weighted by molar-refractivity contribution is 5.83. The van der Waals surface area contributed by atoms with Crippen LogP contribution in [0.3, 0.4) is 0 Å². The van der Waals surface area contributed by atoms with Crippen LogP contribution in [0, 0.1) is 0 Å². The Hall–Kier alpha value is -3.77. The number of hydrogen-bond donors (Lipinski definition) is 4. The molecule has 4 N–H and O–H groups in total. The number of benzene rings is 1. The van der Waals surface area contributed by atoms with Crippen molar-refractivity contribution < 1.29 is 18.3 Å². The number of halogens is 3. The Morgan fingerprint density at radius 3 is 2.80 bits per heavy atom. The zero-order valence-corrected chi connectivity index (χ0v) is 18.4. The normalized spacial score (nSPS) is 18.6. The van der Waals surface area contributed by atoms with E-state index in [2.05, 4.69) is 30.7 Å². The van der Waals surface area contributed by atoms with Crippen LogP contribution in [-0.4, -0.2) is 55.1 Å². The maximum atomic E-state index is 13.8. The molecule has 1 fully saturated rings. The Morgan fingerprint density at radius 1 is 1.26 bits per heavy atom. The van der Waals surface area contributed by atoms with Gasteiger partial charge < -0.3 is 20.7 Å². The first-order chi connectivity index (χ1) is 16.8. The highest BCUT2D eigenvalue weighted by atomic mass is 19.4. The number of aromatic amines is 1. The van der Waals surface area contributed by atoms with E-state index in [9.17, 15) is 23.1 Å². The lowest BCUT2D eigenvalue weighted by molar-refractivity contribution is -0.136. The molecule has 1 aliphatic rings. The number of pyridine rings is 1. The summed E-state index contributed by atoms with van der Waals surface area (Å²) in [5.74, 6) is 0.915. The number of aromatic nitrogens is 5. The minimum atomic E-state index is -4.69. The molecule has 4 heterocycles. The summed E-state index contributed by atoms with van der Waals surface area (Å²) in [6, 6.07) is 6.83. The van der Waals surface area contributed by atoms with Crippen molar-refractivity contribution in [2.45, 2.75) is 31.2 Å². The summed E-state index contributed by atoms with van der Waals surface area (Å²) in [5.41, 5.74) is -0.972. The Labute approximate surface area is 197 Å². The van der Waals surface area contributed by atoms with E-state index >= 15 is 0 Å². The summed E-state index contributed by atoms with van der Waals surface area (Å²) in [4.78, 5) is 24.0. The molecule has 0 unspecified atom stereocenters. The van der Waals surface area contributed by atoms with E-state index in [1.807, 2.05) is 6.07 Å². The number of β-amino-alcohol motifs (C(OH)–C–C–N with tert-alkyl or cyclic N) is 1. The number of aliphatic hydroxyl groups excluding tert-OH is 1. The van der Waals surface area contributed by atoms with Gasteiger partial charge in [-0.1, -0.05) is 6.07 Å². The number of hydrogen-bond acceptors (Lipinski definition) is 7. The molecule has 182 valence electrons. The highest BCUT2D eigenvalue weighted by Gasteiger charge is 2.36. The lowest BCUT2D eigenvalue weighted by Crippen LogP contribution is -2.47. The molecular weight excluding hydrogens is 463 g/mol. The van der Waals surface area contributed by atoms with Gasteiger partial charge in [0.1, 0.15) is 5.82 Å². The van der Waals surface area contributed by atoms with E-state index in [1.54, 1.807) is 35.4 Å². The van der Waals surface area contributed by atoms with Crippen molar-refractivity contribution in [3.63, 3.8) is 0 Å². The first-order valence-electron chi connectivity index (χ1n) is 11.0. The lowest BCUT2D eigenvalue weighted by Gasteiger charge is -2.31. The van der Waals surface area contributed by atoms with Crippen LogP contribution in [0.25, 0.3) is 16.7 Å². The maximum Gasteiger partial charge on any atom is 0.418 e. The minimum absolute atomic E-state index is 0.129. The van der Waals surface area contributed by atoms with Gasteiger partial charge in [0.05, 0.1) is 28.6 Å². The third kappa shape index (κ3) is 4.88. The number of aliphatic hydroxyl groups is 1. The SMILES string of the molecule is O=c1[nH]c(Cc2ccc(-n3cccn3)nc2)nc2cc(N[C@@H]3CCNC[C@@H]3O)c(C(F)(F)F)cc12. The Bertz CT molecular complexity index is 1390. The zero-order valence-electron chi connectivity index (χ0n) is 18.4. The van der Waals surface area contributed by atoms with Crippen LogP contribution >= 0.6 is 0 Å². The largest absolute Gasteiger partial charge is 0.418 e. The molecule has 0 aliphatic carbocycles. The highest BCUT2D eigenvalue weighted by Crippen LogP contribution is 2.37. The topological polar surface area (TPSA) is 121 Å². The Morgan fingerprint density at radius 2 is 2.11 bits per heavy atom. The average molecular weight is 485 g/mol. The molecule has 2 atom stereocenters. The minimum Gasteiger partial charge on any atom is -0.390 e. The number of alkyl halides is 3. The lowest BCUT2D eigenvalue weighted by atomic mass is 10.0. The molecule has 0 radical (unpaired) electrons. The standard InChI is InChI=1S/C23H22F3N7O2/c24-23(25,26)15-9-14-17(10-18(15)30-16-4-6-27-12-19(16)34)31-20(32-22(14)35)8-13-2-3-21(28-11-13)33-7-1-5-29-33/h1-3,5,7,9-11,16,19,27,30,34H,4,6,8,12H2,(H,31,32,35)/t16-,19+/m1/s1. The Kier molecular flexibility index (Phi) is 5.99. The van der Waals surface area contributed by atoms with Gasteiger partial charge in [-0.3, -0.25) is 4.79 Å². The molecule has 0 saturated carbocycles. The van der Waals surface area contributed by atoms with Crippen LogP contribution in [0.4, 0.5) is 18.9 Å². The number of H-pyrrole nitrogens is 1. The van der Waals surface area contributed by atoms with Gasteiger partial charge in [-0.15, -0.1) is 0 Å². The summed E-state index contributed by atoms with van der Waals surface area (Å²) < 4.78 is 43.0. The van der Waals surface area contributed by atoms with E-state index in [0.717, 1.165) is 11.6 Å². The first kappa shape index (κ1) is 23.0. The predicted octanol–water partition coefficient (Wildman–Crippen LogP) is 2.25. The second-order valence-electron chi connectivity index (χ2n) is 8.39. The van der Waals surface area contributed by atoms with Gasteiger partial charge in [0, 0.05) is 37.2 Å². The van der Waals surface area contributed by atoms with Gasteiger partial charge in [-0.05, 0) is 42.8 Å². The number of nitrogens with one attached hydrogen (secondary N) is 3. The molecule has 5 rings (SSSR count). The van der Waals surface area contributed by atoms with Gasteiger partial charge in [-0.2, -0.15) is 18.3 Å². The second-order valence-corrected chi connectivity index (χ2v) is 8.39. The summed E-state index contributed by atoms with van der Waals surface area (Å²) in [7, 11) is 0. The van der Waals surface area contributed by atoms with E-state index in [4.69, 9.17) is 0 Å². The number of fused-ring (bicyclic) bond motifs is 1. The van der Waals surface area contributed by atoms with Gasteiger partial charge in [-0.25, -0.2) is 14.6 Å². The van der Waals surface area contributed by atoms with Crippen molar-refractivity contribution in [2.75, 3.05) is 18.4 Å². The molecule has 35 heavy (non-hydrogen) atoms. The first-order valence-corrected chi connectivity index (χ1v) is 11.0. The van der Waals surface area contributed by atoms with Crippen LogP contribution in [0.5, 0.6) is 0 Å². The van der Waals surface area contributed by atoms with Crippen molar-refractivity contribution in [3.05, 3.63) is 76.2 Å². The molecule has 1 saturated heterocycles. The molecule has 0 spiro atoms. The van der Waals surface area contributed by atoms with E-state index < -0.39 is 29.4 Å². The van der Waals surface area contributed by atoms with E-state index in [0.29, 0.717) is 24.6 Å². The van der Waals surface area contributed by atoms with Crippen molar-refractivity contribution >= 4 is 16.6 Å². The number of nitrogens with zero attached hydrogens (tertiary/aromatic N) is 4. The maximum absolute atomic E-state index is 13.8. The fraction of sp³-hybridized carbons (Fsp3) is 0.304. The van der Waals surface area contributed by atoms with Crippen molar-refractivity contribution in [1.82, 2.24) is 30.0 Å². The molecule has 0 bridgehead atoms. The average Bonchev–Trinajstić information content (AvgIpc) is 3.35. The number of piperidine rings is 1. The summed E-state index contributed by atoms with van der Waals surface area (Å²) in [6.07, 6.45) is 0.161. The molecule has 9 nitrogen and oxygen atoms in total. The van der Waals surface area contributed by atoms with Gasteiger partial charge in [0.15, 0.2) is 5.82 Å². The molecule has 4 aromatic rings. The van der Waals surface area contributed by atoms with Crippen LogP contribution in [0.1, 0.15) is 23.4 Å². The molecule has 1 aromatic carbocycles. The molecule has 3 aromatic heterocycles. The quantitative estimate of drug-likeness (QED) is 0.342. The fourth-order valence-electron chi connectivity index (χ4n) is 4.14. The van der Waals surface area contributed by atoms with E-state index in [-0.39, 0.29) is 29.6 Å². The van der Waals surface area contributed by atoms with Crippen molar-refractivity contribution in [3.8, 4) is 5.82 Å². The van der Waals surface area contributed by atoms with Crippen molar-refractivity contribution in [1.29, 1.82) is 0 Å².